The summed E-state index contributed by atoms with van der Waals surface area (Å²) in [5, 5.41) is 3.84. The fourth-order valence-corrected chi connectivity index (χ4v) is 4.46. The lowest BCUT2D eigenvalue weighted by Gasteiger charge is -2.41. The zero-order valence-corrected chi connectivity index (χ0v) is 17.8. The van der Waals surface area contributed by atoms with Crippen molar-refractivity contribution in [2.75, 3.05) is 14.1 Å². The van der Waals surface area contributed by atoms with Gasteiger partial charge in [-0.1, -0.05) is 54.8 Å². The minimum Gasteiger partial charge on any atom is -0.349 e. The molecular weight excluding hydrogens is 398 g/mol. The first-order valence-corrected chi connectivity index (χ1v) is 9.83. The van der Waals surface area contributed by atoms with E-state index in [4.69, 9.17) is 11.6 Å². The number of nitrogens with zero attached hydrogens (tertiary/aromatic N) is 1. The van der Waals surface area contributed by atoms with Crippen LogP contribution in [-0.2, 0) is 0 Å². The summed E-state index contributed by atoms with van der Waals surface area (Å²) in [6, 6.07) is 14.1. The number of carbonyl (C=O) groups is 1. The molecule has 0 aliphatic heterocycles. The molecule has 1 amide bonds. The fourth-order valence-electron chi connectivity index (χ4n) is 4.21. The second kappa shape index (κ2) is 10.2. The van der Waals surface area contributed by atoms with E-state index in [1.165, 1.54) is 12.1 Å². The van der Waals surface area contributed by atoms with E-state index in [0.29, 0.717) is 0 Å². The third-order valence-corrected chi connectivity index (χ3v) is 5.78. The molecule has 3 nitrogen and oxygen atoms in total. The standard InChI is InChI=1S/C22H26ClFN2O.ClH/c1-26(2)21(15-9-3-6-12-18(15)23)17-11-5-8-14-20(17)25-22(27)16-10-4-7-13-19(16)24;/h3-4,6-7,9-10,12-13,17,20-21H,5,8,11,14H2,1-2H3,(H,25,27);1H. The summed E-state index contributed by atoms with van der Waals surface area (Å²) in [6.07, 6.45) is 4.06. The van der Waals surface area contributed by atoms with Crippen molar-refractivity contribution in [2.24, 2.45) is 5.92 Å². The number of hydrogen-bond acceptors (Lipinski definition) is 2. The van der Waals surface area contributed by atoms with Gasteiger partial charge in [-0.2, -0.15) is 0 Å². The van der Waals surface area contributed by atoms with E-state index in [9.17, 15) is 9.18 Å². The van der Waals surface area contributed by atoms with Gasteiger partial charge in [0.25, 0.3) is 5.91 Å². The van der Waals surface area contributed by atoms with Gasteiger partial charge in [0.2, 0.25) is 0 Å². The van der Waals surface area contributed by atoms with Crippen molar-refractivity contribution < 1.29 is 9.18 Å². The van der Waals surface area contributed by atoms with Crippen LogP contribution in [0.4, 0.5) is 4.39 Å². The molecule has 1 N–H and O–H groups in total. The Kier molecular flexibility index (Phi) is 8.29. The van der Waals surface area contributed by atoms with Crippen LogP contribution >= 0.6 is 24.0 Å². The molecule has 1 aliphatic rings. The lowest BCUT2D eigenvalue weighted by atomic mass is 9.77. The molecule has 2 aromatic rings. The summed E-state index contributed by atoms with van der Waals surface area (Å²) in [5.74, 6) is -0.622. The van der Waals surface area contributed by atoms with E-state index < -0.39 is 5.82 Å². The molecule has 1 aliphatic carbocycles. The maximum absolute atomic E-state index is 14.0. The molecule has 3 rings (SSSR count). The Labute approximate surface area is 177 Å². The molecule has 3 unspecified atom stereocenters. The maximum atomic E-state index is 14.0. The van der Waals surface area contributed by atoms with Crippen molar-refractivity contribution in [3.63, 3.8) is 0 Å². The zero-order chi connectivity index (χ0) is 19.4. The van der Waals surface area contributed by atoms with Gasteiger partial charge in [-0.3, -0.25) is 4.79 Å². The predicted molar refractivity (Wildman–Crippen MR) is 115 cm³/mol. The summed E-state index contributed by atoms with van der Waals surface area (Å²) >= 11 is 6.49. The van der Waals surface area contributed by atoms with Gasteiger partial charge in [-0.25, -0.2) is 4.39 Å². The molecule has 6 heteroatoms. The van der Waals surface area contributed by atoms with Crippen LogP contribution in [0.3, 0.4) is 0 Å². The van der Waals surface area contributed by atoms with E-state index in [1.54, 1.807) is 12.1 Å². The summed E-state index contributed by atoms with van der Waals surface area (Å²) in [5.41, 5.74) is 1.17. The highest BCUT2D eigenvalue weighted by atomic mass is 35.5. The topological polar surface area (TPSA) is 32.3 Å². The Morgan fingerprint density at radius 2 is 1.75 bits per heavy atom. The zero-order valence-electron chi connectivity index (χ0n) is 16.2. The summed E-state index contributed by atoms with van der Waals surface area (Å²) in [6.45, 7) is 0. The molecule has 1 saturated carbocycles. The summed E-state index contributed by atoms with van der Waals surface area (Å²) < 4.78 is 14.0. The number of hydrogen-bond donors (Lipinski definition) is 1. The summed E-state index contributed by atoms with van der Waals surface area (Å²) in [7, 11) is 4.08. The Bertz CT molecular complexity index is 800. The molecule has 0 radical (unpaired) electrons. The first-order chi connectivity index (χ1) is 13.0. The van der Waals surface area contributed by atoms with E-state index in [2.05, 4.69) is 16.3 Å². The van der Waals surface area contributed by atoms with E-state index in [0.717, 1.165) is 36.3 Å². The van der Waals surface area contributed by atoms with Crippen LogP contribution in [0.5, 0.6) is 0 Å². The number of amides is 1. The second-order valence-corrected chi connectivity index (χ2v) is 7.85. The molecule has 0 heterocycles. The van der Waals surface area contributed by atoms with Gasteiger partial charge in [0.1, 0.15) is 5.82 Å². The second-order valence-electron chi connectivity index (χ2n) is 7.44. The van der Waals surface area contributed by atoms with Crippen LogP contribution in [0.1, 0.15) is 47.6 Å². The average molecular weight is 425 g/mol. The van der Waals surface area contributed by atoms with E-state index in [-0.39, 0.29) is 41.9 Å². The van der Waals surface area contributed by atoms with Crippen LogP contribution in [0, 0.1) is 11.7 Å². The van der Waals surface area contributed by atoms with Gasteiger partial charge in [-0.15, -0.1) is 12.4 Å². The van der Waals surface area contributed by atoms with Gasteiger partial charge < -0.3 is 10.2 Å². The third kappa shape index (κ3) is 5.05. The summed E-state index contributed by atoms with van der Waals surface area (Å²) in [4.78, 5) is 14.9. The Morgan fingerprint density at radius 1 is 1.11 bits per heavy atom. The van der Waals surface area contributed by atoms with Crippen molar-refractivity contribution in [1.82, 2.24) is 10.2 Å². The lowest BCUT2D eigenvalue weighted by Crippen LogP contribution is -2.47. The van der Waals surface area contributed by atoms with Gasteiger partial charge >= 0.3 is 0 Å². The largest absolute Gasteiger partial charge is 0.349 e. The molecule has 2 aromatic carbocycles. The smallest absolute Gasteiger partial charge is 0.254 e. The highest BCUT2D eigenvalue weighted by Gasteiger charge is 2.36. The molecule has 0 bridgehead atoms. The Morgan fingerprint density at radius 3 is 2.43 bits per heavy atom. The van der Waals surface area contributed by atoms with Crippen LogP contribution in [0.15, 0.2) is 48.5 Å². The molecule has 28 heavy (non-hydrogen) atoms. The molecule has 1 fully saturated rings. The lowest BCUT2D eigenvalue weighted by molar-refractivity contribution is 0.0842. The molecule has 3 atom stereocenters. The highest BCUT2D eigenvalue weighted by molar-refractivity contribution is 6.31. The Balaban J connectivity index is 0.00000280. The van der Waals surface area contributed by atoms with Gasteiger partial charge in [-0.05, 0) is 56.6 Å². The van der Waals surface area contributed by atoms with Crippen LogP contribution < -0.4 is 5.32 Å². The van der Waals surface area contributed by atoms with E-state index in [1.807, 2.05) is 32.3 Å². The third-order valence-electron chi connectivity index (χ3n) is 5.44. The van der Waals surface area contributed by atoms with Crippen molar-refractivity contribution in [1.29, 1.82) is 0 Å². The van der Waals surface area contributed by atoms with Crippen molar-refractivity contribution >= 4 is 29.9 Å². The number of nitrogens with one attached hydrogen (secondary N) is 1. The monoisotopic (exact) mass is 424 g/mol. The van der Waals surface area contributed by atoms with Gasteiger partial charge in [0, 0.05) is 17.1 Å². The average Bonchev–Trinajstić information content (AvgIpc) is 2.65. The SMILES string of the molecule is CN(C)C(c1ccccc1Cl)C1CCCCC1NC(=O)c1ccccc1F.Cl. The maximum Gasteiger partial charge on any atom is 0.254 e. The predicted octanol–water partition coefficient (Wildman–Crippen LogP) is 5.49. The van der Waals surface area contributed by atoms with Crippen molar-refractivity contribution in [3.8, 4) is 0 Å². The van der Waals surface area contributed by atoms with Crippen molar-refractivity contribution in [2.45, 2.75) is 37.8 Å². The first-order valence-electron chi connectivity index (χ1n) is 9.45. The normalized spacial score (nSPS) is 20.3. The van der Waals surface area contributed by atoms with Crippen molar-refractivity contribution in [3.05, 3.63) is 70.5 Å². The fraction of sp³-hybridized carbons (Fsp3) is 0.409. The number of carbonyl (C=O) groups excluding carboxylic acids is 1. The van der Waals surface area contributed by atoms with Crippen LogP contribution in [-0.4, -0.2) is 30.9 Å². The number of halogens is 3. The molecule has 152 valence electrons. The highest BCUT2D eigenvalue weighted by Crippen LogP contribution is 2.40. The number of benzene rings is 2. The molecule has 0 spiro atoms. The minimum absolute atomic E-state index is 0. The molecule has 0 saturated heterocycles. The first kappa shape index (κ1) is 22.7. The van der Waals surface area contributed by atoms with E-state index >= 15 is 0 Å². The minimum atomic E-state index is -0.488. The van der Waals surface area contributed by atoms with Crippen LogP contribution in [0.25, 0.3) is 0 Å². The Hall–Kier alpha value is -1.62. The molecule has 0 aromatic heterocycles. The van der Waals surface area contributed by atoms with Gasteiger partial charge in [0.05, 0.1) is 5.56 Å². The molecular formula is C22H27Cl2FN2O. The van der Waals surface area contributed by atoms with Gasteiger partial charge in [0.15, 0.2) is 0 Å². The number of rotatable bonds is 5. The van der Waals surface area contributed by atoms with Crippen LogP contribution in [0.2, 0.25) is 5.02 Å². The quantitative estimate of drug-likeness (QED) is 0.687.